The predicted octanol–water partition coefficient (Wildman–Crippen LogP) is 5.68. The summed E-state index contributed by atoms with van der Waals surface area (Å²) in [6.45, 7) is 8.02. The molecule has 1 aromatic heterocycles. The molecule has 0 radical (unpaired) electrons. The lowest BCUT2D eigenvalue weighted by Crippen LogP contribution is -2.40. The molecule has 39 heavy (non-hydrogen) atoms. The van der Waals surface area contributed by atoms with E-state index < -0.39 is 12.0 Å². The van der Waals surface area contributed by atoms with Crippen molar-refractivity contribution in [3.8, 4) is 11.5 Å². The van der Waals surface area contributed by atoms with Gasteiger partial charge in [0.15, 0.2) is 4.80 Å². The number of ether oxygens (including phenoxy) is 3. The summed E-state index contributed by atoms with van der Waals surface area (Å²) in [6.07, 6.45) is 4.77. The fraction of sp³-hybridized carbons (Fsp3) is 0.276. The summed E-state index contributed by atoms with van der Waals surface area (Å²) in [4.78, 5) is 32.8. The summed E-state index contributed by atoms with van der Waals surface area (Å²) in [7, 11) is 1.56. The second-order valence-electron chi connectivity index (χ2n) is 8.58. The summed E-state index contributed by atoms with van der Waals surface area (Å²) in [5.41, 5.74) is 2.05. The summed E-state index contributed by atoms with van der Waals surface area (Å²) >= 11 is 8.32. The first kappa shape index (κ1) is 29.0. The summed E-state index contributed by atoms with van der Waals surface area (Å²) < 4.78 is 20.6. The number of hydrogen-bond acceptors (Lipinski definition) is 7. The van der Waals surface area contributed by atoms with Crippen LogP contribution in [0, 0.1) is 0 Å². The highest BCUT2D eigenvalue weighted by molar-refractivity contribution is 9.10. The van der Waals surface area contributed by atoms with Gasteiger partial charge in [-0.1, -0.05) is 69.2 Å². The van der Waals surface area contributed by atoms with Crippen LogP contribution in [-0.4, -0.2) is 30.9 Å². The molecule has 3 aromatic rings. The van der Waals surface area contributed by atoms with Crippen molar-refractivity contribution in [3.05, 3.63) is 100 Å². The van der Waals surface area contributed by atoms with E-state index in [9.17, 15) is 9.59 Å². The fourth-order valence-corrected chi connectivity index (χ4v) is 6.16. The Morgan fingerprint density at radius 1 is 1.15 bits per heavy atom. The van der Waals surface area contributed by atoms with Crippen molar-refractivity contribution in [1.29, 1.82) is 0 Å². The number of allylic oxidation sites excluding steroid dienone is 1. The van der Waals surface area contributed by atoms with E-state index in [1.54, 1.807) is 30.8 Å². The number of aromatic nitrogens is 1. The van der Waals surface area contributed by atoms with Crippen LogP contribution in [-0.2, 0) is 9.53 Å². The van der Waals surface area contributed by atoms with Gasteiger partial charge in [0.25, 0.3) is 5.56 Å². The highest BCUT2D eigenvalue weighted by Crippen LogP contribution is 2.38. The van der Waals surface area contributed by atoms with Gasteiger partial charge in [-0.25, -0.2) is 9.79 Å². The maximum absolute atomic E-state index is 14.1. The Morgan fingerprint density at radius 2 is 1.87 bits per heavy atom. The number of thiazole rings is 1. The molecule has 0 saturated heterocycles. The number of hydrogen-bond donors (Lipinski definition) is 0. The van der Waals surface area contributed by atoms with Crippen LogP contribution in [0.5, 0.6) is 11.5 Å². The lowest BCUT2D eigenvalue weighted by molar-refractivity contribution is -0.139. The zero-order valence-corrected chi connectivity index (χ0v) is 25.8. The largest absolute Gasteiger partial charge is 0.496 e. The van der Waals surface area contributed by atoms with Gasteiger partial charge in [0.05, 0.1) is 29.5 Å². The number of carbonyl (C=O) groups excluding carboxylic acids is 1. The van der Waals surface area contributed by atoms with Gasteiger partial charge >= 0.3 is 5.97 Å². The monoisotopic (exact) mass is 674 g/mol. The lowest BCUT2D eigenvalue weighted by Gasteiger charge is -2.27. The Balaban J connectivity index is 2.04. The molecule has 0 unspecified atom stereocenters. The molecule has 0 spiro atoms. The number of benzene rings is 2. The van der Waals surface area contributed by atoms with Crippen LogP contribution in [0.3, 0.4) is 0 Å². The second kappa shape index (κ2) is 12.9. The number of carbonyl (C=O) groups is 1. The molecule has 0 bridgehead atoms. The van der Waals surface area contributed by atoms with Crippen molar-refractivity contribution in [2.45, 2.75) is 32.7 Å². The molecule has 2 heterocycles. The van der Waals surface area contributed by atoms with Crippen molar-refractivity contribution in [2.75, 3.05) is 20.3 Å². The molecule has 4 rings (SSSR count). The zero-order chi connectivity index (χ0) is 28.1. The predicted molar refractivity (Wildman–Crippen MR) is 160 cm³/mol. The van der Waals surface area contributed by atoms with Crippen LogP contribution < -0.4 is 24.4 Å². The van der Waals surface area contributed by atoms with E-state index in [2.05, 4.69) is 38.4 Å². The van der Waals surface area contributed by atoms with Gasteiger partial charge in [0.1, 0.15) is 24.1 Å². The zero-order valence-electron chi connectivity index (χ0n) is 21.8. The first-order valence-electron chi connectivity index (χ1n) is 12.4. The number of methoxy groups -OCH3 is 1. The molecule has 0 aliphatic carbocycles. The molecular formula is C29H28Br2N2O5S. The van der Waals surface area contributed by atoms with E-state index in [1.165, 1.54) is 11.3 Å². The maximum atomic E-state index is 14.1. The van der Waals surface area contributed by atoms with Crippen LogP contribution in [0.15, 0.2) is 79.1 Å². The minimum Gasteiger partial charge on any atom is -0.496 e. The molecule has 10 heteroatoms. The standard InChI is InChI=1S/C29H28Br2N2O5S/c1-5-8-21-25(28(35)37-7-3)26(20-16-19(31)10-12-23(20)36-4)33-27(34)24(39-29(33)32-21)15-17-14-18(30)9-11-22(17)38-13-6-2/h6,9-12,14-16,26H,2,5,7-8,13H2,1,3-4H3/b24-15+/t26-/m0/s1. The lowest BCUT2D eigenvalue weighted by atomic mass is 9.93. The topological polar surface area (TPSA) is 79.1 Å². The second-order valence-corrected chi connectivity index (χ2v) is 11.4. The molecular weight excluding hydrogens is 648 g/mol. The van der Waals surface area contributed by atoms with Gasteiger partial charge in [-0.2, -0.15) is 0 Å². The van der Waals surface area contributed by atoms with E-state index in [4.69, 9.17) is 19.2 Å². The number of esters is 1. The van der Waals surface area contributed by atoms with Crippen LogP contribution in [0.2, 0.25) is 0 Å². The van der Waals surface area contributed by atoms with E-state index in [0.717, 1.165) is 20.9 Å². The van der Waals surface area contributed by atoms with Crippen molar-refractivity contribution < 1.29 is 19.0 Å². The first-order chi connectivity index (χ1) is 18.8. The van der Waals surface area contributed by atoms with Crippen molar-refractivity contribution in [1.82, 2.24) is 4.57 Å². The highest BCUT2D eigenvalue weighted by Gasteiger charge is 2.36. The van der Waals surface area contributed by atoms with Crippen molar-refractivity contribution >= 4 is 55.2 Å². The smallest absolute Gasteiger partial charge is 0.338 e. The molecule has 0 N–H and O–H groups in total. The average molecular weight is 676 g/mol. The molecule has 1 atom stereocenters. The minimum atomic E-state index is -0.782. The molecule has 0 amide bonds. The van der Waals surface area contributed by atoms with Crippen molar-refractivity contribution in [3.63, 3.8) is 0 Å². The van der Waals surface area contributed by atoms with Gasteiger partial charge in [-0.15, -0.1) is 0 Å². The van der Waals surface area contributed by atoms with Crippen LogP contribution in [0.25, 0.3) is 6.08 Å². The van der Waals surface area contributed by atoms with Crippen LogP contribution >= 0.6 is 43.2 Å². The van der Waals surface area contributed by atoms with E-state index in [-0.39, 0.29) is 12.2 Å². The molecule has 0 saturated carbocycles. The third kappa shape index (κ3) is 6.13. The molecule has 2 aromatic carbocycles. The Hall–Kier alpha value is -2.95. The maximum Gasteiger partial charge on any atom is 0.338 e. The molecule has 7 nitrogen and oxygen atoms in total. The number of fused-ring (bicyclic) bond motifs is 1. The minimum absolute atomic E-state index is 0.199. The molecule has 1 aliphatic rings. The Labute approximate surface area is 247 Å². The van der Waals surface area contributed by atoms with Gasteiger partial charge in [-0.05, 0) is 55.8 Å². The quantitative estimate of drug-likeness (QED) is 0.204. The summed E-state index contributed by atoms with van der Waals surface area (Å²) in [6, 6.07) is 10.3. The van der Waals surface area contributed by atoms with Crippen molar-refractivity contribution in [2.24, 2.45) is 4.99 Å². The Morgan fingerprint density at radius 3 is 2.54 bits per heavy atom. The van der Waals surface area contributed by atoms with Gasteiger partial charge in [0.2, 0.25) is 0 Å². The van der Waals surface area contributed by atoms with E-state index in [0.29, 0.717) is 50.7 Å². The van der Waals surface area contributed by atoms with E-state index >= 15 is 0 Å². The first-order valence-corrected chi connectivity index (χ1v) is 14.8. The number of nitrogens with zero attached hydrogens (tertiary/aromatic N) is 2. The summed E-state index contributed by atoms with van der Waals surface area (Å²) in [5, 5.41) is 0. The normalized spacial score (nSPS) is 15.0. The SMILES string of the molecule is C=CCOc1ccc(Br)cc1/C=c1/sc2n(c1=O)[C@@H](c1cc(Br)ccc1OC)C(C(=O)OCC)=C(CCC)N=2. The molecule has 0 fully saturated rings. The van der Waals surface area contributed by atoms with Crippen LogP contribution in [0.4, 0.5) is 0 Å². The van der Waals surface area contributed by atoms with Gasteiger partial charge < -0.3 is 14.2 Å². The van der Waals surface area contributed by atoms with Gasteiger partial charge in [0, 0.05) is 20.1 Å². The van der Waals surface area contributed by atoms with Gasteiger partial charge in [-0.3, -0.25) is 9.36 Å². The third-order valence-electron chi connectivity index (χ3n) is 5.99. The van der Waals surface area contributed by atoms with Crippen LogP contribution in [0.1, 0.15) is 43.9 Å². The average Bonchev–Trinajstić information content (AvgIpc) is 3.22. The number of rotatable bonds is 10. The fourth-order valence-electron chi connectivity index (χ4n) is 4.39. The number of halogens is 2. The molecule has 204 valence electrons. The Kier molecular flexibility index (Phi) is 9.63. The Bertz CT molecular complexity index is 1620. The molecule has 1 aliphatic heterocycles. The summed E-state index contributed by atoms with van der Waals surface area (Å²) in [5.74, 6) is 0.663. The van der Waals surface area contributed by atoms with E-state index in [1.807, 2.05) is 43.3 Å². The third-order valence-corrected chi connectivity index (χ3v) is 7.96. The highest BCUT2D eigenvalue weighted by atomic mass is 79.9.